The van der Waals surface area contributed by atoms with Crippen molar-refractivity contribution in [2.45, 2.75) is 31.3 Å². The quantitative estimate of drug-likeness (QED) is 0.481. The molecule has 0 aromatic carbocycles. The molecule has 0 unspecified atom stereocenters. The monoisotopic (exact) mass is 228 g/mol. The van der Waals surface area contributed by atoms with E-state index >= 15 is 0 Å². The highest BCUT2D eigenvalue weighted by atomic mass is 16.5. The summed E-state index contributed by atoms with van der Waals surface area (Å²) in [6, 6.07) is 0. The molecule has 6 nitrogen and oxygen atoms in total. The van der Waals surface area contributed by atoms with Gasteiger partial charge in [0.05, 0.1) is 17.9 Å². The summed E-state index contributed by atoms with van der Waals surface area (Å²) in [6.07, 6.45) is 2.17. The lowest BCUT2D eigenvalue weighted by atomic mass is 9.84. The van der Waals surface area contributed by atoms with Gasteiger partial charge in [0.2, 0.25) is 0 Å². The highest BCUT2D eigenvalue weighted by Crippen LogP contribution is 2.34. The first-order valence-electron chi connectivity index (χ1n) is 5.47. The fraction of sp³-hybridized carbons (Fsp3) is 0.800. The van der Waals surface area contributed by atoms with Crippen molar-refractivity contribution in [1.29, 1.82) is 0 Å². The molecule has 0 atom stereocenters. The van der Waals surface area contributed by atoms with Crippen molar-refractivity contribution in [2.24, 2.45) is 5.16 Å². The van der Waals surface area contributed by atoms with E-state index in [1.54, 1.807) is 0 Å². The summed E-state index contributed by atoms with van der Waals surface area (Å²) in [7, 11) is 0. The summed E-state index contributed by atoms with van der Waals surface area (Å²) in [5, 5.41) is 20.6. The summed E-state index contributed by atoms with van der Waals surface area (Å²) in [6.45, 7) is 1.42. The van der Waals surface area contributed by atoms with Crippen LogP contribution < -0.4 is 0 Å². The van der Waals surface area contributed by atoms with Crippen LogP contribution in [0.25, 0.3) is 0 Å². The van der Waals surface area contributed by atoms with E-state index in [1.165, 1.54) is 4.90 Å². The van der Waals surface area contributed by atoms with Crippen molar-refractivity contribution in [3.63, 3.8) is 0 Å². The number of nitrogens with zero attached hydrogens (tertiary/aromatic N) is 2. The van der Waals surface area contributed by atoms with Gasteiger partial charge in [-0.25, -0.2) is 4.79 Å². The van der Waals surface area contributed by atoms with Gasteiger partial charge >= 0.3 is 6.09 Å². The minimum absolute atomic E-state index is 0.194. The molecule has 6 heteroatoms. The molecule has 0 radical (unpaired) electrons. The number of ether oxygens (including phenoxy) is 1. The number of carboxylic acid groups (broad SMARTS) is 1. The molecule has 0 bridgehead atoms. The van der Waals surface area contributed by atoms with Crippen molar-refractivity contribution in [3.05, 3.63) is 0 Å². The smallest absolute Gasteiger partial charge is 0.407 e. The topological polar surface area (TPSA) is 82.4 Å². The van der Waals surface area contributed by atoms with Crippen LogP contribution in [0.15, 0.2) is 5.16 Å². The van der Waals surface area contributed by atoms with Crippen LogP contribution in [0.5, 0.6) is 0 Å². The fourth-order valence-corrected chi connectivity index (χ4v) is 2.33. The molecule has 0 aromatic heterocycles. The third-order valence-corrected chi connectivity index (χ3v) is 3.50. The van der Waals surface area contributed by atoms with Crippen molar-refractivity contribution < 1.29 is 19.8 Å². The van der Waals surface area contributed by atoms with Gasteiger partial charge in [-0.3, -0.25) is 0 Å². The molecule has 2 saturated heterocycles. The van der Waals surface area contributed by atoms with Gasteiger partial charge in [0.25, 0.3) is 0 Å². The average Bonchev–Trinajstić information content (AvgIpc) is 2.31. The molecule has 0 saturated carbocycles. The number of oxime groups is 1. The van der Waals surface area contributed by atoms with E-state index in [0.717, 1.165) is 25.7 Å². The number of carbonyl (C=O) groups is 1. The van der Waals surface area contributed by atoms with Crippen LogP contribution in [0.2, 0.25) is 0 Å². The third-order valence-electron chi connectivity index (χ3n) is 3.50. The van der Waals surface area contributed by atoms with Crippen LogP contribution >= 0.6 is 0 Å². The van der Waals surface area contributed by atoms with Crippen LogP contribution in [0.4, 0.5) is 4.79 Å². The molecule has 1 amide bonds. The first-order valence-corrected chi connectivity index (χ1v) is 5.47. The lowest BCUT2D eigenvalue weighted by molar-refractivity contribution is -0.0795. The van der Waals surface area contributed by atoms with Gasteiger partial charge in [-0.2, -0.15) is 0 Å². The molecular weight excluding hydrogens is 212 g/mol. The third kappa shape index (κ3) is 2.11. The van der Waals surface area contributed by atoms with E-state index in [1.807, 2.05) is 0 Å². The highest BCUT2D eigenvalue weighted by Gasteiger charge is 2.39. The molecule has 2 N–H and O–H groups in total. The van der Waals surface area contributed by atoms with E-state index in [9.17, 15) is 4.79 Å². The minimum atomic E-state index is -0.858. The van der Waals surface area contributed by atoms with Crippen molar-refractivity contribution in [1.82, 2.24) is 4.90 Å². The fourth-order valence-electron chi connectivity index (χ4n) is 2.33. The van der Waals surface area contributed by atoms with Crippen LogP contribution in [0, 0.1) is 0 Å². The van der Waals surface area contributed by atoms with Gasteiger partial charge < -0.3 is 20.0 Å². The lowest BCUT2D eigenvalue weighted by Gasteiger charge is -2.43. The van der Waals surface area contributed by atoms with E-state index < -0.39 is 6.09 Å². The largest absolute Gasteiger partial charge is 0.465 e. The SMILES string of the molecule is O=C(O)N1CCC2(CCC(=NO)CO2)CC1. The van der Waals surface area contributed by atoms with E-state index in [0.29, 0.717) is 25.4 Å². The summed E-state index contributed by atoms with van der Waals surface area (Å²) < 4.78 is 5.73. The Morgan fingerprint density at radius 1 is 1.38 bits per heavy atom. The normalized spacial score (nSPS) is 27.2. The number of likely N-dealkylation sites (tertiary alicyclic amines) is 1. The second kappa shape index (κ2) is 4.29. The lowest BCUT2D eigenvalue weighted by Crippen LogP contribution is -2.50. The number of hydrogen-bond donors (Lipinski definition) is 2. The van der Waals surface area contributed by atoms with Crippen LogP contribution in [0.3, 0.4) is 0 Å². The van der Waals surface area contributed by atoms with E-state index in [4.69, 9.17) is 15.1 Å². The molecule has 16 heavy (non-hydrogen) atoms. The maximum atomic E-state index is 10.8. The van der Waals surface area contributed by atoms with Gasteiger partial charge in [0.1, 0.15) is 0 Å². The Morgan fingerprint density at radius 3 is 2.50 bits per heavy atom. The van der Waals surface area contributed by atoms with Crippen LogP contribution in [-0.4, -0.2) is 52.3 Å². The van der Waals surface area contributed by atoms with Gasteiger partial charge in [0, 0.05) is 13.1 Å². The summed E-state index contributed by atoms with van der Waals surface area (Å²) in [5.74, 6) is 0. The molecule has 90 valence electrons. The number of piperidine rings is 1. The Hall–Kier alpha value is -1.30. The van der Waals surface area contributed by atoms with E-state index in [2.05, 4.69) is 5.16 Å². The standard InChI is InChI=1S/C10H16N2O4/c13-9(14)12-5-3-10(4-6-12)2-1-8(11-15)7-16-10/h15H,1-7H2,(H,13,14). The van der Waals surface area contributed by atoms with Gasteiger partial charge in [-0.05, 0) is 25.7 Å². The second-order valence-electron chi connectivity index (χ2n) is 4.41. The molecule has 2 aliphatic heterocycles. The number of amides is 1. The summed E-state index contributed by atoms with van der Waals surface area (Å²) in [4.78, 5) is 12.2. The van der Waals surface area contributed by atoms with Crippen molar-refractivity contribution in [3.8, 4) is 0 Å². The zero-order chi connectivity index (χ0) is 11.6. The molecule has 0 aromatic rings. The molecule has 2 rings (SSSR count). The Labute approximate surface area is 93.5 Å². The van der Waals surface area contributed by atoms with Crippen molar-refractivity contribution >= 4 is 11.8 Å². The predicted octanol–water partition coefficient (Wildman–Crippen LogP) is 1.14. The maximum absolute atomic E-state index is 10.8. The Bertz CT molecular complexity index is 296. The Morgan fingerprint density at radius 2 is 2.06 bits per heavy atom. The second-order valence-corrected chi connectivity index (χ2v) is 4.41. The Balaban J connectivity index is 1.91. The van der Waals surface area contributed by atoms with Crippen LogP contribution in [-0.2, 0) is 4.74 Å². The summed E-state index contributed by atoms with van der Waals surface area (Å²) in [5.41, 5.74) is 0.478. The molecular formula is C10H16N2O4. The summed E-state index contributed by atoms with van der Waals surface area (Å²) >= 11 is 0. The van der Waals surface area contributed by atoms with Crippen molar-refractivity contribution in [2.75, 3.05) is 19.7 Å². The minimum Gasteiger partial charge on any atom is -0.465 e. The zero-order valence-electron chi connectivity index (χ0n) is 9.06. The zero-order valence-corrected chi connectivity index (χ0v) is 9.06. The number of rotatable bonds is 0. The molecule has 1 spiro atoms. The molecule has 2 fully saturated rings. The Kier molecular flexibility index (Phi) is 3.00. The predicted molar refractivity (Wildman–Crippen MR) is 56.0 cm³/mol. The molecule has 2 aliphatic rings. The van der Waals surface area contributed by atoms with Gasteiger partial charge in [-0.1, -0.05) is 5.16 Å². The van der Waals surface area contributed by atoms with Crippen LogP contribution in [0.1, 0.15) is 25.7 Å². The molecule has 0 aliphatic carbocycles. The number of hydrogen-bond acceptors (Lipinski definition) is 4. The maximum Gasteiger partial charge on any atom is 0.407 e. The highest BCUT2D eigenvalue weighted by molar-refractivity contribution is 5.85. The molecule has 2 heterocycles. The van der Waals surface area contributed by atoms with E-state index in [-0.39, 0.29) is 5.60 Å². The first-order chi connectivity index (χ1) is 7.65. The first kappa shape index (κ1) is 11.2. The van der Waals surface area contributed by atoms with Gasteiger partial charge in [0.15, 0.2) is 0 Å². The van der Waals surface area contributed by atoms with Gasteiger partial charge in [-0.15, -0.1) is 0 Å². The average molecular weight is 228 g/mol.